The first-order valence-corrected chi connectivity index (χ1v) is 10.5. The lowest BCUT2D eigenvalue weighted by molar-refractivity contribution is 0.189. The van der Waals surface area contributed by atoms with Gasteiger partial charge in [0.2, 0.25) is 0 Å². The van der Waals surface area contributed by atoms with Crippen LogP contribution in [0, 0.1) is 0 Å². The first-order valence-electron chi connectivity index (χ1n) is 8.91. The number of hydrogen-bond donors (Lipinski definition) is 1. The number of hydrogen-bond acceptors (Lipinski definition) is 3. The number of amides is 2. The summed E-state index contributed by atoms with van der Waals surface area (Å²) in [4.78, 5) is 18.3. The fourth-order valence-corrected chi connectivity index (χ4v) is 5.05. The molecule has 0 radical (unpaired) electrons. The van der Waals surface area contributed by atoms with Gasteiger partial charge in [-0.3, -0.25) is 9.80 Å². The Morgan fingerprint density at radius 2 is 1.96 bits per heavy atom. The van der Waals surface area contributed by atoms with E-state index in [0.717, 1.165) is 66.1 Å². The molecule has 3 heterocycles. The molecule has 4 nitrogen and oxygen atoms in total. The molecule has 0 spiro atoms. The lowest BCUT2D eigenvalue weighted by Crippen LogP contribution is -2.48. The molecule has 2 aliphatic rings. The van der Waals surface area contributed by atoms with Gasteiger partial charge in [-0.1, -0.05) is 23.2 Å². The highest BCUT2D eigenvalue weighted by Gasteiger charge is 2.28. The summed E-state index contributed by atoms with van der Waals surface area (Å²) in [6.45, 7) is 3.65. The van der Waals surface area contributed by atoms with Gasteiger partial charge in [-0.2, -0.15) is 0 Å². The van der Waals surface area contributed by atoms with Crippen LogP contribution in [-0.4, -0.2) is 36.6 Å². The number of nitrogens with zero attached hydrogens (tertiary/aromatic N) is 2. The second-order valence-electron chi connectivity index (χ2n) is 6.88. The van der Waals surface area contributed by atoms with E-state index in [1.807, 2.05) is 29.2 Å². The smallest absolute Gasteiger partial charge is 0.322 e. The molecule has 0 bridgehead atoms. The van der Waals surface area contributed by atoms with Crippen LogP contribution in [0.2, 0.25) is 9.36 Å². The number of nitrogens with one attached hydrogen (secondary N) is 1. The van der Waals surface area contributed by atoms with Gasteiger partial charge in [-0.25, -0.2) is 4.79 Å². The Kier molecular flexibility index (Phi) is 5.41. The molecule has 26 heavy (non-hydrogen) atoms. The van der Waals surface area contributed by atoms with Crippen LogP contribution in [-0.2, 0) is 13.0 Å². The quantitative estimate of drug-likeness (QED) is 0.790. The average molecular weight is 410 g/mol. The van der Waals surface area contributed by atoms with Gasteiger partial charge in [0.15, 0.2) is 0 Å². The molecule has 1 N–H and O–H groups in total. The molecule has 2 aliphatic heterocycles. The van der Waals surface area contributed by atoms with Gasteiger partial charge >= 0.3 is 6.03 Å². The summed E-state index contributed by atoms with van der Waals surface area (Å²) < 4.78 is 0.842. The number of carbonyl (C=O) groups excluding carboxylic acids is 1. The van der Waals surface area contributed by atoms with Crippen molar-refractivity contribution < 1.29 is 4.79 Å². The van der Waals surface area contributed by atoms with Crippen molar-refractivity contribution in [3.63, 3.8) is 0 Å². The van der Waals surface area contributed by atoms with Gasteiger partial charge in [0.1, 0.15) is 0 Å². The van der Waals surface area contributed by atoms with E-state index >= 15 is 0 Å². The zero-order valence-electron chi connectivity index (χ0n) is 14.4. The minimum absolute atomic E-state index is 0.00885. The van der Waals surface area contributed by atoms with Crippen LogP contribution in [0.1, 0.15) is 23.3 Å². The maximum Gasteiger partial charge on any atom is 0.322 e. The molecule has 2 aromatic rings. The van der Waals surface area contributed by atoms with Crippen molar-refractivity contribution in [2.45, 2.75) is 31.8 Å². The molecule has 4 rings (SSSR count). The van der Waals surface area contributed by atoms with Crippen LogP contribution in [0.25, 0.3) is 0 Å². The van der Waals surface area contributed by atoms with Gasteiger partial charge in [0.25, 0.3) is 0 Å². The minimum atomic E-state index is 0.00885. The number of anilines is 1. The number of fused-ring (bicyclic) bond motifs is 1. The number of rotatable bonds is 3. The van der Waals surface area contributed by atoms with Crippen molar-refractivity contribution in [3.05, 3.63) is 50.1 Å². The number of urea groups is 1. The molecule has 1 fully saturated rings. The summed E-state index contributed by atoms with van der Waals surface area (Å²) in [6, 6.07) is 10.0. The number of likely N-dealkylation sites (tertiary alicyclic amines) is 1. The molecule has 7 heteroatoms. The van der Waals surface area contributed by atoms with Crippen LogP contribution in [0.3, 0.4) is 0 Å². The Labute approximate surface area is 167 Å². The number of piperidine rings is 1. The third-order valence-corrected chi connectivity index (χ3v) is 6.56. The first-order chi connectivity index (χ1) is 12.6. The Morgan fingerprint density at radius 1 is 1.15 bits per heavy atom. The summed E-state index contributed by atoms with van der Waals surface area (Å²) in [7, 11) is 0. The van der Waals surface area contributed by atoms with E-state index < -0.39 is 0 Å². The number of thiophene rings is 1. The highest BCUT2D eigenvalue weighted by Crippen LogP contribution is 2.30. The van der Waals surface area contributed by atoms with Crippen LogP contribution in [0.15, 0.2) is 30.3 Å². The number of halogens is 2. The van der Waals surface area contributed by atoms with Crippen molar-refractivity contribution in [2.75, 3.05) is 24.5 Å². The monoisotopic (exact) mass is 409 g/mol. The Bertz CT molecular complexity index is 802. The number of benzene rings is 1. The highest BCUT2D eigenvalue weighted by atomic mass is 35.5. The Hall–Kier alpha value is -1.27. The largest absolute Gasteiger partial charge is 0.335 e. The second-order valence-corrected chi connectivity index (χ2v) is 9.12. The molecule has 0 saturated carbocycles. The van der Waals surface area contributed by atoms with Crippen LogP contribution < -0.4 is 10.2 Å². The molecule has 2 amide bonds. The number of carbonyl (C=O) groups is 1. The predicted molar refractivity (Wildman–Crippen MR) is 109 cm³/mol. The van der Waals surface area contributed by atoms with E-state index in [-0.39, 0.29) is 12.1 Å². The van der Waals surface area contributed by atoms with E-state index in [1.54, 1.807) is 11.3 Å². The average Bonchev–Trinajstić information content (AvgIpc) is 3.22. The van der Waals surface area contributed by atoms with Crippen molar-refractivity contribution in [1.82, 2.24) is 10.2 Å². The second kappa shape index (κ2) is 7.77. The summed E-state index contributed by atoms with van der Waals surface area (Å²) in [5.41, 5.74) is 2.14. The standard InChI is InChI=1S/C19H21Cl2N3OS/c20-14-1-3-17-13(11-14)5-10-24(17)19(25)22-15-6-8-23(9-7-15)12-16-2-4-18(21)26-16/h1-4,11,15H,5-10,12H2,(H,22,25). The first kappa shape index (κ1) is 18.1. The summed E-state index contributed by atoms with van der Waals surface area (Å²) >= 11 is 13.7. The predicted octanol–water partition coefficient (Wildman–Crippen LogP) is 4.79. The lowest BCUT2D eigenvalue weighted by atomic mass is 10.1. The van der Waals surface area contributed by atoms with Crippen molar-refractivity contribution in [1.29, 1.82) is 0 Å². The normalized spacial score (nSPS) is 18.2. The molecular weight excluding hydrogens is 389 g/mol. The molecule has 0 atom stereocenters. The minimum Gasteiger partial charge on any atom is -0.335 e. The highest BCUT2D eigenvalue weighted by molar-refractivity contribution is 7.16. The summed E-state index contributed by atoms with van der Waals surface area (Å²) in [6.07, 6.45) is 2.82. The van der Waals surface area contributed by atoms with Crippen LogP contribution in [0.5, 0.6) is 0 Å². The van der Waals surface area contributed by atoms with E-state index in [2.05, 4.69) is 16.3 Å². The zero-order valence-corrected chi connectivity index (χ0v) is 16.7. The van der Waals surface area contributed by atoms with Crippen molar-refractivity contribution >= 4 is 46.3 Å². The van der Waals surface area contributed by atoms with Gasteiger partial charge in [-0.05, 0) is 55.2 Å². The summed E-state index contributed by atoms with van der Waals surface area (Å²) in [5, 5.41) is 3.94. The van der Waals surface area contributed by atoms with E-state index in [4.69, 9.17) is 23.2 Å². The third-order valence-electron chi connectivity index (χ3n) is 5.11. The Balaban J connectivity index is 1.29. The van der Waals surface area contributed by atoms with Crippen LogP contribution >= 0.6 is 34.5 Å². The SMILES string of the molecule is O=C(NC1CCN(Cc2ccc(Cl)s2)CC1)N1CCc2cc(Cl)ccc21. The van der Waals surface area contributed by atoms with Gasteiger partial charge < -0.3 is 5.32 Å². The molecule has 0 unspecified atom stereocenters. The topological polar surface area (TPSA) is 35.6 Å². The van der Waals surface area contributed by atoms with E-state index in [1.165, 1.54) is 4.88 Å². The molecule has 0 aliphatic carbocycles. The molecule has 1 aromatic carbocycles. The fraction of sp³-hybridized carbons (Fsp3) is 0.421. The van der Waals surface area contributed by atoms with E-state index in [9.17, 15) is 4.79 Å². The van der Waals surface area contributed by atoms with Crippen molar-refractivity contribution in [3.8, 4) is 0 Å². The third kappa shape index (κ3) is 4.01. The molecule has 1 aromatic heterocycles. The van der Waals surface area contributed by atoms with Gasteiger partial charge in [-0.15, -0.1) is 11.3 Å². The maximum absolute atomic E-state index is 12.7. The van der Waals surface area contributed by atoms with Crippen molar-refractivity contribution in [2.24, 2.45) is 0 Å². The fourth-order valence-electron chi connectivity index (χ4n) is 3.73. The lowest BCUT2D eigenvalue weighted by Gasteiger charge is -2.33. The Morgan fingerprint density at radius 3 is 2.69 bits per heavy atom. The summed E-state index contributed by atoms with van der Waals surface area (Å²) in [5.74, 6) is 0. The molecule has 1 saturated heterocycles. The maximum atomic E-state index is 12.7. The molecular formula is C19H21Cl2N3OS. The zero-order chi connectivity index (χ0) is 18.1. The van der Waals surface area contributed by atoms with Crippen LogP contribution in [0.4, 0.5) is 10.5 Å². The van der Waals surface area contributed by atoms with Gasteiger partial charge in [0, 0.05) is 47.8 Å². The van der Waals surface area contributed by atoms with E-state index in [0.29, 0.717) is 0 Å². The molecule has 138 valence electrons. The van der Waals surface area contributed by atoms with Gasteiger partial charge in [0.05, 0.1) is 4.34 Å².